The zero-order valence-electron chi connectivity index (χ0n) is 12.5. The molecular weight excluding hydrogens is 266 g/mol. The topological polar surface area (TPSA) is 61.5 Å². The standard InChI is InChI=1S/C17H21NO3/c1-3-21-17(19)15(11-18)9-12-4-5-14-10-16(20-2)7-6-13(14)8-12/h4-8,10,15H,3,9,11,18H2,1-2H3. The predicted octanol–water partition coefficient (Wildman–Crippen LogP) is 2.53. The molecule has 4 nitrogen and oxygen atoms in total. The van der Waals surface area contributed by atoms with E-state index < -0.39 is 0 Å². The molecule has 2 aromatic rings. The first-order valence-electron chi connectivity index (χ1n) is 7.11. The third kappa shape index (κ3) is 3.73. The second-order valence-electron chi connectivity index (χ2n) is 4.94. The van der Waals surface area contributed by atoms with E-state index in [1.165, 1.54) is 0 Å². The van der Waals surface area contributed by atoms with E-state index in [1.807, 2.05) is 30.3 Å². The molecule has 0 fully saturated rings. The number of methoxy groups -OCH3 is 1. The molecule has 0 saturated carbocycles. The van der Waals surface area contributed by atoms with E-state index in [0.29, 0.717) is 19.6 Å². The van der Waals surface area contributed by atoms with Crippen molar-refractivity contribution in [3.05, 3.63) is 42.0 Å². The third-order valence-electron chi connectivity index (χ3n) is 3.50. The fourth-order valence-electron chi connectivity index (χ4n) is 2.33. The van der Waals surface area contributed by atoms with E-state index in [9.17, 15) is 4.79 Å². The van der Waals surface area contributed by atoms with Crippen LogP contribution in [0.25, 0.3) is 10.8 Å². The molecule has 0 radical (unpaired) electrons. The summed E-state index contributed by atoms with van der Waals surface area (Å²) in [6.07, 6.45) is 0.595. The molecule has 0 bridgehead atoms. The molecule has 0 spiro atoms. The molecule has 1 unspecified atom stereocenters. The van der Waals surface area contributed by atoms with Crippen LogP contribution in [0.3, 0.4) is 0 Å². The van der Waals surface area contributed by atoms with E-state index in [-0.39, 0.29) is 11.9 Å². The number of hydrogen-bond donors (Lipinski definition) is 1. The quantitative estimate of drug-likeness (QED) is 0.829. The second kappa shape index (κ2) is 7.09. The van der Waals surface area contributed by atoms with Gasteiger partial charge in [-0.15, -0.1) is 0 Å². The SMILES string of the molecule is CCOC(=O)C(CN)Cc1ccc2cc(OC)ccc2c1. The van der Waals surface area contributed by atoms with Gasteiger partial charge in [-0.25, -0.2) is 0 Å². The maximum absolute atomic E-state index is 11.8. The van der Waals surface area contributed by atoms with Crippen molar-refractivity contribution in [1.29, 1.82) is 0 Å². The normalized spacial score (nSPS) is 12.1. The van der Waals surface area contributed by atoms with Gasteiger partial charge in [0.05, 0.1) is 19.6 Å². The first kappa shape index (κ1) is 15.3. The number of carbonyl (C=O) groups is 1. The minimum absolute atomic E-state index is 0.227. The van der Waals surface area contributed by atoms with Crippen LogP contribution in [-0.4, -0.2) is 26.2 Å². The summed E-state index contributed by atoms with van der Waals surface area (Å²) in [4.78, 5) is 11.8. The van der Waals surface area contributed by atoms with Gasteiger partial charge in [0.15, 0.2) is 0 Å². The minimum atomic E-state index is -0.291. The minimum Gasteiger partial charge on any atom is -0.497 e. The van der Waals surface area contributed by atoms with Crippen LogP contribution in [0.2, 0.25) is 0 Å². The molecule has 0 aliphatic rings. The van der Waals surface area contributed by atoms with Crippen molar-refractivity contribution >= 4 is 16.7 Å². The first-order valence-corrected chi connectivity index (χ1v) is 7.11. The number of rotatable bonds is 6. The van der Waals surface area contributed by atoms with Gasteiger partial charge in [0.25, 0.3) is 0 Å². The van der Waals surface area contributed by atoms with Gasteiger partial charge in [0, 0.05) is 6.54 Å². The molecule has 2 aromatic carbocycles. The van der Waals surface area contributed by atoms with Gasteiger partial charge in [-0.2, -0.15) is 0 Å². The Morgan fingerprint density at radius 1 is 1.19 bits per heavy atom. The van der Waals surface area contributed by atoms with E-state index in [2.05, 4.69) is 6.07 Å². The van der Waals surface area contributed by atoms with Crippen LogP contribution in [-0.2, 0) is 16.0 Å². The molecule has 0 amide bonds. The molecule has 21 heavy (non-hydrogen) atoms. The van der Waals surface area contributed by atoms with Crippen molar-refractivity contribution in [3.8, 4) is 5.75 Å². The van der Waals surface area contributed by atoms with E-state index >= 15 is 0 Å². The van der Waals surface area contributed by atoms with Crippen LogP contribution < -0.4 is 10.5 Å². The second-order valence-corrected chi connectivity index (χ2v) is 4.94. The van der Waals surface area contributed by atoms with E-state index in [0.717, 1.165) is 22.1 Å². The number of carbonyl (C=O) groups excluding carboxylic acids is 1. The van der Waals surface area contributed by atoms with Gasteiger partial charge in [0.2, 0.25) is 0 Å². The molecule has 2 N–H and O–H groups in total. The maximum atomic E-state index is 11.8. The van der Waals surface area contributed by atoms with Gasteiger partial charge in [-0.3, -0.25) is 4.79 Å². The van der Waals surface area contributed by atoms with Gasteiger partial charge in [0.1, 0.15) is 5.75 Å². The Morgan fingerprint density at radius 2 is 1.90 bits per heavy atom. The van der Waals surface area contributed by atoms with Gasteiger partial charge >= 0.3 is 5.97 Å². The Labute approximate surface area is 124 Å². The molecule has 0 heterocycles. The van der Waals surface area contributed by atoms with Crippen LogP contribution in [0.4, 0.5) is 0 Å². The summed E-state index contributed by atoms with van der Waals surface area (Å²) in [6, 6.07) is 12.1. The molecule has 0 aliphatic carbocycles. The molecule has 0 aromatic heterocycles. The van der Waals surface area contributed by atoms with Crippen LogP contribution in [0.1, 0.15) is 12.5 Å². The highest BCUT2D eigenvalue weighted by atomic mass is 16.5. The lowest BCUT2D eigenvalue weighted by Gasteiger charge is -2.14. The summed E-state index contributed by atoms with van der Waals surface area (Å²) in [7, 11) is 1.65. The summed E-state index contributed by atoms with van der Waals surface area (Å²) < 4.78 is 10.3. The molecular formula is C17H21NO3. The van der Waals surface area contributed by atoms with Crippen molar-refractivity contribution in [3.63, 3.8) is 0 Å². The van der Waals surface area contributed by atoms with Crippen LogP contribution >= 0.6 is 0 Å². The molecule has 1 atom stereocenters. The third-order valence-corrected chi connectivity index (χ3v) is 3.50. The van der Waals surface area contributed by atoms with Crippen LogP contribution in [0, 0.1) is 5.92 Å². The number of ether oxygens (including phenoxy) is 2. The Bertz CT molecular complexity index is 624. The van der Waals surface area contributed by atoms with E-state index in [4.69, 9.17) is 15.2 Å². The highest BCUT2D eigenvalue weighted by Gasteiger charge is 2.18. The Hall–Kier alpha value is -2.07. The van der Waals surface area contributed by atoms with Gasteiger partial charge < -0.3 is 15.2 Å². The van der Waals surface area contributed by atoms with Crippen molar-refractivity contribution < 1.29 is 14.3 Å². The van der Waals surface area contributed by atoms with Crippen LogP contribution in [0.5, 0.6) is 5.75 Å². The summed E-state index contributed by atoms with van der Waals surface area (Å²) in [5, 5.41) is 2.23. The Balaban J connectivity index is 2.20. The summed E-state index contributed by atoms with van der Waals surface area (Å²) >= 11 is 0. The fraction of sp³-hybridized carbons (Fsp3) is 0.353. The smallest absolute Gasteiger partial charge is 0.310 e. The average Bonchev–Trinajstić information content (AvgIpc) is 2.52. The Morgan fingerprint density at radius 3 is 2.57 bits per heavy atom. The number of benzene rings is 2. The highest BCUT2D eigenvalue weighted by Crippen LogP contribution is 2.23. The lowest BCUT2D eigenvalue weighted by Crippen LogP contribution is -2.27. The van der Waals surface area contributed by atoms with Crippen molar-refractivity contribution in [2.24, 2.45) is 11.7 Å². The largest absolute Gasteiger partial charge is 0.497 e. The first-order chi connectivity index (χ1) is 10.2. The molecule has 4 heteroatoms. The van der Waals surface area contributed by atoms with Crippen LogP contribution in [0.15, 0.2) is 36.4 Å². The zero-order valence-corrected chi connectivity index (χ0v) is 12.5. The maximum Gasteiger partial charge on any atom is 0.310 e. The average molecular weight is 287 g/mol. The summed E-state index contributed by atoms with van der Waals surface area (Å²) in [6.45, 7) is 2.47. The summed E-state index contributed by atoms with van der Waals surface area (Å²) in [5.41, 5.74) is 6.76. The monoisotopic (exact) mass is 287 g/mol. The molecule has 0 saturated heterocycles. The zero-order chi connectivity index (χ0) is 15.2. The Kier molecular flexibility index (Phi) is 5.17. The van der Waals surface area contributed by atoms with Gasteiger partial charge in [-0.05, 0) is 41.8 Å². The fourth-order valence-corrected chi connectivity index (χ4v) is 2.33. The number of esters is 1. The number of fused-ring (bicyclic) bond motifs is 1. The molecule has 112 valence electrons. The van der Waals surface area contributed by atoms with E-state index in [1.54, 1.807) is 14.0 Å². The lowest BCUT2D eigenvalue weighted by atomic mass is 9.97. The van der Waals surface area contributed by atoms with Gasteiger partial charge in [-0.1, -0.05) is 24.3 Å². The van der Waals surface area contributed by atoms with Crippen molar-refractivity contribution in [2.75, 3.05) is 20.3 Å². The summed E-state index contributed by atoms with van der Waals surface area (Å²) in [5.74, 6) is 0.317. The number of nitrogens with two attached hydrogens (primary N) is 1. The van der Waals surface area contributed by atoms with Crippen molar-refractivity contribution in [1.82, 2.24) is 0 Å². The predicted molar refractivity (Wildman–Crippen MR) is 83.4 cm³/mol. The van der Waals surface area contributed by atoms with Crippen molar-refractivity contribution in [2.45, 2.75) is 13.3 Å². The molecule has 0 aliphatic heterocycles. The molecule has 2 rings (SSSR count). The lowest BCUT2D eigenvalue weighted by molar-refractivity contribution is -0.147. The number of hydrogen-bond acceptors (Lipinski definition) is 4. The highest BCUT2D eigenvalue weighted by molar-refractivity contribution is 5.84.